The summed E-state index contributed by atoms with van der Waals surface area (Å²) in [6.07, 6.45) is 4.80. The number of hydrogen-bond donors (Lipinski definition) is 1. The molecule has 8 heteroatoms. The Morgan fingerprint density at radius 3 is 2.58 bits per heavy atom. The predicted octanol–water partition coefficient (Wildman–Crippen LogP) is 0.160. The van der Waals surface area contributed by atoms with E-state index in [1.807, 2.05) is 4.90 Å². The molecule has 0 spiro atoms. The van der Waals surface area contributed by atoms with E-state index < -0.39 is 10.0 Å². The molecule has 0 unspecified atom stereocenters. The van der Waals surface area contributed by atoms with Gasteiger partial charge in [-0.2, -0.15) is 4.31 Å². The van der Waals surface area contributed by atoms with E-state index in [1.54, 1.807) is 6.07 Å². The highest BCUT2D eigenvalue weighted by atomic mass is 32.2. The zero-order valence-corrected chi connectivity index (χ0v) is 14.7. The van der Waals surface area contributed by atoms with Crippen molar-refractivity contribution in [1.29, 1.82) is 0 Å². The molecule has 3 heterocycles. The van der Waals surface area contributed by atoms with Crippen molar-refractivity contribution in [2.24, 2.45) is 11.8 Å². The van der Waals surface area contributed by atoms with Crippen LogP contribution in [0.5, 0.6) is 0 Å². The highest BCUT2D eigenvalue weighted by Crippen LogP contribution is 2.27. The van der Waals surface area contributed by atoms with Gasteiger partial charge in [0.05, 0.1) is 6.54 Å². The van der Waals surface area contributed by atoms with Crippen molar-refractivity contribution in [2.45, 2.75) is 17.7 Å². The summed E-state index contributed by atoms with van der Waals surface area (Å²) >= 11 is 0. The maximum absolute atomic E-state index is 12.5. The van der Waals surface area contributed by atoms with E-state index in [4.69, 9.17) is 0 Å². The molecule has 3 rings (SSSR count). The molecule has 2 aliphatic heterocycles. The van der Waals surface area contributed by atoms with E-state index >= 15 is 0 Å². The number of carbonyl (C=O) groups excluding carboxylic acids is 1. The smallest absolute Gasteiger partial charge is 0.244 e. The minimum atomic E-state index is -3.68. The van der Waals surface area contributed by atoms with E-state index in [9.17, 15) is 13.2 Å². The van der Waals surface area contributed by atoms with Gasteiger partial charge in [0.1, 0.15) is 4.90 Å². The number of hydrogen-bond acceptors (Lipinski definition) is 5. The van der Waals surface area contributed by atoms with Crippen molar-refractivity contribution in [3.8, 4) is 0 Å². The van der Waals surface area contributed by atoms with Crippen LogP contribution in [0.1, 0.15) is 12.8 Å². The van der Waals surface area contributed by atoms with E-state index in [0.29, 0.717) is 24.9 Å². The van der Waals surface area contributed by atoms with Gasteiger partial charge in [-0.3, -0.25) is 9.78 Å². The number of aromatic nitrogens is 1. The lowest BCUT2D eigenvalue weighted by Gasteiger charge is -2.24. The SMILES string of the molecule is CN(CC(=O)N1CC[C@@H]2CNC[C@@H]2CC1)S(=O)(=O)c1cccnc1. The average molecular weight is 352 g/mol. The number of likely N-dealkylation sites (tertiary alicyclic amines) is 1. The van der Waals surface area contributed by atoms with Gasteiger partial charge in [0.15, 0.2) is 0 Å². The first-order chi connectivity index (χ1) is 11.5. The third kappa shape index (κ3) is 3.60. The molecule has 1 aromatic heterocycles. The van der Waals surface area contributed by atoms with Gasteiger partial charge in [0.25, 0.3) is 0 Å². The second-order valence-electron chi connectivity index (χ2n) is 6.59. The van der Waals surface area contributed by atoms with Crippen molar-refractivity contribution in [3.63, 3.8) is 0 Å². The lowest BCUT2D eigenvalue weighted by molar-refractivity contribution is -0.131. The molecule has 1 amide bonds. The van der Waals surface area contributed by atoms with Gasteiger partial charge in [0, 0.05) is 32.5 Å². The minimum absolute atomic E-state index is 0.108. The van der Waals surface area contributed by atoms with Gasteiger partial charge in [0.2, 0.25) is 15.9 Å². The lowest BCUT2D eigenvalue weighted by Crippen LogP contribution is -2.41. The second kappa shape index (κ2) is 7.16. The Kier molecular flexibility index (Phi) is 5.17. The Morgan fingerprint density at radius 2 is 2.00 bits per heavy atom. The molecule has 0 saturated carbocycles. The number of amides is 1. The fourth-order valence-corrected chi connectivity index (χ4v) is 4.61. The first kappa shape index (κ1) is 17.3. The highest BCUT2D eigenvalue weighted by molar-refractivity contribution is 7.89. The predicted molar refractivity (Wildman–Crippen MR) is 89.7 cm³/mol. The number of carbonyl (C=O) groups is 1. The van der Waals surface area contributed by atoms with E-state index in [1.165, 1.54) is 25.5 Å². The van der Waals surface area contributed by atoms with Gasteiger partial charge in [-0.15, -0.1) is 0 Å². The average Bonchev–Trinajstić information content (AvgIpc) is 2.93. The van der Waals surface area contributed by atoms with Crippen LogP contribution < -0.4 is 5.32 Å². The Bertz CT molecular complexity index is 666. The summed E-state index contributed by atoms with van der Waals surface area (Å²) in [6.45, 7) is 3.35. The Labute approximate surface area is 143 Å². The fraction of sp³-hybridized carbons (Fsp3) is 0.625. The first-order valence-corrected chi connectivity index (χ1v) is 9.77. The maximum atomic E-state index is 12.5. The topological polar surface area (TPSA) is 82.6 Å². The normalized spacial score (nSPS) is 24.7. The Morgan fingerprint density at radius 1 is 1.33 bits per heavy atom. The van der Waals surface area contributed by atoms with Crippen LogP contribution in [0.2, 0.25) is 0 Å². The number of likely N-dealkylation sites (N-methyl/N-ethyl adjacent to an activating group) is 1. The van der Waals surface area contributed by atoms with Crippen LogP contribution in [0, 0.1) is 11.8 Å². The number of rotatable bonds is 4. The van der Waals surface area contributed by atoms with E-state index in [-0.39, 0.29) is 17.3 Å². The van der Waals surface area contributed by atoms with Crippen molar-refractivity contribution in [1.82, 2.24) is 19.5 Å². The summed E-state index contributed by atoms with van der Waals surface area (Å²) in [7, 11) is -2.24. The molecule has 2 atom stereocenters. The summed E-state index contributed by atoms with van der Waals surface area (Å²) in [5, 5.41) is 3.41. The van der Waals surface area contributed by atoms with Crippen molar-refractivity contribution in [3.05, 3.63) is 24.5 Å². The van der Waals surface area contributed by atoms with Crippen LogP contribution in [0.4, 0.5) is 0 Å². The van der Waals surface area contributed by atoms with Crippen LogP contribution in [-0.4, -0.2) is 68.3 Å². The first-order valence-electron chi connectivity index (χ1n) is 8.33. The van der Waals surface area contributed by atoms with Crippen LogP contribution >= 0.6 is 0 Å². The van der Waals surface area contributed by atoms with Crippen LogP contribution in [0.3, 0.4) is 0 Å². The zero-order valence-electron chi connectivity index (χ0n) is 13.9. The third-order valence-corrected chi connectivity index (χ3v) is 6.86. The molecule has 24 heavy (non-hydrogen) atoms. The number of nitrogens with one attached hydrogen (secondary N) is 1. The minimum Gasteiger partial charge on any atom is -0.342 e. The molecule has 7 nitrogen and oxygen atoms in total. The summed E-state index contributed by atoms with van der Waals surface area (Å²) < 4.78 is 26.1. The second-order valence-corrected chi connectivity index (χ2v) is 8.63. The molecule has 2 saturated heterocycles. The van der Waals surface area contributed by atoms with E-state index in [0.717, 1.165) is 30.2 Å². The van der Waals surface area contributed by atoms with Crippen LogP contribution in [0.25, 0.3) is 0 Å². The molecule has 0 bridgehead atoms. The van der Waals surface area contributed by atoms with Gasteiger partial charge < -0.3 is 10.2 Å². The van der Waals surface area contributed by atoms with Crippen molar-refractivity contribution < 1.29 is 13.2 Å². The summed E-state index contributed by atoms with van der Waals surface area (Å²) in [6, 6.07) is 3.06. The molecule has 2 aliphatic rings. The standard InChI is InChI=1S/C16H24N4O3S/c1-19(24(22,23)15-3-2-6-17-11-15)12-16(21)20-7-4-13-9-18-10-14(13)5-8-20/h2-3,6,11,13-14,18H,4-5,7-10,12H2,1H3/t13-,14+. The molecule has 0 radical (unpaired) electrons. The Hall–Kier alpha value is -1.51. The largest absolute Gasteiger partial charge is 0.342 e. The molecular formula is C16H24N4O3S. The molecule has 132 valence electrons. The zero-order chi connectivity index (χ0) is 17.2. The Balaban J connectivity index is 1.62. The van der Waals surface area contributed by atoms with Gasteiger partial charge >= 0.3 is 0 Å². The molecular weight excluding hydrogens is 328 g/mol. The fourth-order valence-electron chi connectivity index (χ4n) is 3.52. The summed E-state index contributed by atoms with van der Waals surface area (Å²) in [4.78, 5) is 18.3. The third-order valence-electron chi connectivity index (χ3n) is 5.07. The van der Waals surface area contributed by atoms with Crippen LogP contribution in [0.15, 0.2) is 29.4 Å². The van der Waals surface area contributed by atoms with E-state index in [2.05, 4.69) is 10.3 Å². The number of pyridine rings is 1. The number of sulfonamides is 1. The monoisotopic (exact) mass is 352 g/mol. The summed E-state index contributed by atoms with van der Waals surface area (Å²) in [5.41, 5.74) is 0. The molecule has 1 N–H and O–H groups in total. The number of nitrogens with zero attached hydrogens (tertiary/aromatic N) is 3. The molecule has 2 fully saturated rings. The lowest BCUT2D eigenvalue weighted by atomic mass is 9.92. The van der Waals surface area contributed by atoms with Crippen molar-refractivity contribution in [2.75, 3.05) is 39.8 Å². The van der Waals surface area contributed by atoms with Crippen LogP contribution in [-0.2, 0) is 14.8 Å². The van der Waals surface area contributed by atoms with Gasteiger partial charge in [-0.25, -0.2) is 8.42 Å². The number of fused-ring (bicyclic) bond motifs is 1. The highest BCUT2D eigenvalue weighted by Gasteiger charge is 2.32. The molecule has 0 aliphatic carbocycles. The molecule has 1 aromatic rings. The van der Waals surface area contributed by atoms with Gasteiger partial charge in [-0.05, 0) is 49.9 Å². The quantitative estimate of drug-likeness (QED) is 0.835. The maximum Gasteiger partial charge on any atom is 0.244 e. The van der Waals surface area contributed by atoms with Gasteiger partial charge in [-0.1, -0.05) is 0 Å². The summed E-state index contributed by atoms with van der Waals surface area (Å²) in [5.74, 6) is 1.15. The molecule has 0 aromatic carbocycles. The van der Waals surface area contributed by atoms with Crippen molar-refractivity contribution >= 4 is 15.9 Å².